The molecule has 0 unspecified atom stereocenters. The number of anilines is 1. The number of aromatic nitrogens is 3. The maximum absolute atomic E-state index is 12.8. The Labute approximate surface area is 191 Å². The van der Waals surface area contributed by atoms with Gasteiger partial charge in [0.25, 0.3) is 11.5 Å². The summed E-state index contributed by atoms with van der Waals surface area (Å²) in [5, 5.41) is 8.10. The summed E-state index contributed by atoms with van der Waals surface area (Å²) in [6.45, 7) is 2.15. The van der Waals surface area contributed by atoms with Gasteiger partial charge < -0.3 is 14.8 Å². The second kappa shape index (κ2) is 8.64. The van der Waals surface area contributed by atoms with Gasteiger partial charge in [-0.1, -0.05) is 30.4 Å². The van der Waals surface area contributed by atoms with Gasteiger partial charge in [-0.15, -0.1) is 11.8 Å². The highest BCUT2D eigenvalue weighted by Crippen LogP contribution is 2.33. The minimum atomic E-state index is -0.245. The number of rotatable bonds is 6. The van der Waals surface area contributed by atoms with Crippen LogP contribution in [0.15, 0.2) is 58.2 Å². The summed E-state index contributed by atoms with van der Waals surface area (Å²) in [6, 6.07) is 14.1. The van der Waals surface area contributed by atoms with Crippen molar-refractivity contribution in [1.82, 2.24) is 14.6 Å². The zero-order valence-corrected chi connectivity index (χ0v) is 18.7. The number of para-hydroxylation sites is 1. The smallest absolute Gasteiger partial charge is 0.275 e. The summed E-state index contributed by atoms with van der Waals surface area (Å²) in [5.41, 5.74) is 1.64. The van der Waals surface area contributed by atoms with Crippen molar-refractivity contribution in [3.05, 3.63) is 75.1 Å². The molecule has 0 aliphatic carbocycles. The fourth-order valence-corrected chi connectivity index (χ4v) is 4.95. The molecule has 10 heteroatoms. The maximum atomic E-state index is 12.8. The van der Waals surface area contributed by atoms with E-state index in [0.717, 1.165) is 16.3 Å². The third-order valence-electron chi connectivity index (χ3n) is 4.79. The third kappa shape index (κ3) is 4.06. The molecule has 162 valence electrons. The Morgan fingerprint density at radius 3 is 2.91 bits per heavy atom. The van der Waals surface area contributed by atoms with Crippen molar-refractivity contribution >= 4 is 39.7 Å². The minimum absolute atomic E-state index is 0.157. The molecule has 5 rings (SSSR count). The lowest BCUT2D eigenvalue weighted by Crippen LogP contribution is -2.15. The summed E-state index contributed by atoms with van der Waals surface area (Å²) in [6.07, 6.45) is 0.758. The highest BCUT2D eigenvalue weighted by molar-refractivity contribution is 7.98. The van der Waals surface area contributed by atoms with Crippen LogP contribution in [-0.2, 0) is 12.2 Å². The SMILES string of the molecule is CCc1nn2c(=O)cc(CSc3ccccc3NC(=O)c3ccc4c(c3)OCO4)nc2s1. The van der Waals surface area contributed by atoms with Gasteiger partial charge in [-0.05, 0) is 36.8 Å². The van der Waals surface area contributed by atoms with Gasteiger partial charge in [0.2, 0.25) is 11.8 Å². The number of hydrogen-bond donors (Lipinski definition) is 1. The van der Waals surface area contributed by atoms with Gasteiger partial charge in [-0.2, -0.15) is 9.61 Å². The molecule has 0 saturated carbocycles. The number of carbonyl (C=O) groups is 1. The first-order chi connectivity index (χ1) is 15.6. The number of nitrogens with zero attached hydrogens (tertiary/aromatic N) is 3. The topological polar surface area (TPSA) is 94.8 Å². The normalized spacial score (nSPS) is 12.3. The number of thioether (sulfide) groups is 1. The average Bonchev–Trinajstić information content (AvgIpc) is 3.45. The van der Waals surface area contributed by atoms with Crippen molar-refractivity contribution < 1.29 is 14.3 Å². The van der Waals surface area contributed by atoms with E-state index in [-0.39, 0.29) is 18.3 Å². The predicted octanol–water partition coefficient (Wildman–Crippen LogP) is 3.99. The average molecular weight is 467 g/mol. The van der Waals surface area contributed by atoms with Gasteiger partial charge in [-0.25, -0.2) is 4.98 Å². The fraction of sp³-hybridized carbons (Fsp3) is 0.182. The second-order valence-electron chi connectivity index (χ2n) is 6.94. The van der Waals surface area contributed by atoms with Crippen LogP contribution in [0.25, 0.3) is 4.96 Å². The summed E-state index contributed by atoms with van der Waals surface area (Å²) < 4.78 is 12.0. The van der Waals surface area contributed by atoms with E-state index in [1.54, 1.807) is 18.2 Å². The Hall–Kier alpha value is -3.37. The van der Waals surface area contributed by atoms with E-state index in [1.807, 2.05) is 31.2 Å². The maximum Gasteiger partial charge on any atom is 0.275 e. The quantitative estimate of drug-likeness (QED) is 0.429. The molecule has 1 aliphatic rings. The zero-order valence-electron chi connectivity index (χ0n) is 17.0. The molecule has 0 fully saturated rings. The van der Waals surface area contributed by atoms with Crippen LogP contribution in [0.3, 0.4) is 0 Å². The molecule has 0 bridgehead atoms. The van der Waals surface area contributed by atoms with Crippen molar-refractivity contribution in [3.63, 3.8) is 0 Å². The minimum Gasteiger partial charge on any atom is -0.454 e. The molecule has 1 N–H and O–H groups in total. The fourth-order valence-electron chi connectivity index (χ4n) is 3.19. The number of benzene rings is 2. The van der Waals surface area contributed by atoms with E-state index in [1.165, 1.54) is 33.7 Å². The Morgan fingerprint density at radius 2 is 2.03 bits per heavy atom. The van der Waals surface area contributed by atoms with Gasteiger partial charge in [0.15, 0.2) is 11.5 Å². The number of aryl methyl sites for hydroxylation is 1. The third-order valence-corrected chi connectivity index (χ3v) is 6.95. The van der Waals surface area contributed by atoms with Crippen molar-refractivity contribution in [3.8, 4) is 11.5 Å². The van der Waals surface area contributed by atoms with Gasteiger partial charge >= 0.3 is 0 Å². The number of nitrogens with one attached hydrogen (secondary N) is 1. The Morgan fingerprint density at radius 1 is 1.19 bits per heavy atom. The molecular formula is C22H18N4O4S2. The first kappa shape index (κ1) is 20.5. The Kier molecular flexibility index (Phi) is 5.54. The molecule has 0 atom stereocenters. The Balaban J connectivity index is 1.33. The molecule has 0 spiro atoms. The highest BCUT2D eigenvalue weighted by Gasteiger charge is 2.17. The van der Waals surface area contributed by atoms with Crippen molar-refractivity contribution in [2.45, 2.75) is 24.0 Å². The largest absolute Gasteiger partial charge is 0.454 e. The molecule has 1 amide bonds. The van der Waals surface area contributed by atoms with Crippen LogP contribution in [0, 0.1) is 0 Å². The van der Waals surface area contributed by atoms with E-state index >= 15 is 0 Å². The first-order valence-corrected chi connectivity index (χ1v) is 11.7. The molecule has 0 saturated heterocycles. The molecule has 0 radical (unpaired) electrons. The second-order valence-corrected chi connectivity index (χ2v) is 8.99. The zero-order chi connectivity index (χ0) is 22.1. The van der Waals surface area contributed by atoms with Gasteiger partial charge in [0.1, 0.15) is 5.01 Å². The molecule has 2 aromatic carbocycles. The summed E-state index contributed by atoms with van der Waals surface area (Å²) in [5.74, 6) is 1.43. The molecule has 1 aliphatic heterocycles. The molecule has 32 heavy (non-hydrogen) atoms. The van der Waals surface area contributed by atoms with Crippen LogP contribution in [0.2, 0.25) is 0 Å². The summed E-state index contributed by atoms with van der Waals surface area (Å²) >= 11 is 2.92. The summed E-state index contributed by atoms with van der Waals surface area (Å²) in [7, 11) is 0. The van der Waals surface area contributed by atoms with E-state index < -0.39 is 0 Å². The van der Waals surface area contributed by atoms with E-state index in [0.29, 0.717) is 39.2 Å². The van der Waals surface area contributed by atoms with Crippen molar-refractivity contribution in [2.75, 3.05) is 12.1 Å². The van der Waals surface area contributed by atoms with Crippen LogP contribution in [-0.4, -0.2) is 27.3 Å². The van der Waals surface area contributed by atoms with Crippen LogP contribution < -0.4 is 20.3 Å². The first-order valence-electron chi connectivity index (χ1n) is 9.92. The van der Waals surface area contributed by atoms with Crippen LogP contribution >= 0.6 is 23.1 Å². The lowest BCUT2D eigenvalue weighted by Gasteiger charge is -2.11. The standard InChI is InChI=1S/C22H18N4O4S2/c1-2-19-25-26-20(27)10-14(23-22(26)32-19)11-31-18-6-4-3-5-15(18)24-21(28)13-7-8-16-17(9-13)30-12-29-16/h3-10H,2,11-12H2,1H3,(H,24,28). The summed E-state index contributed by atoms with van der Waals surface area (Å²) in [4.78, 5) is 31.2. The molecule has 8 nitrogen and oxygen atoms in total. The molecular weight excluding hydrogens is 448 g/mol. The van der Waals surface area contributed by atoms with Gasteiger partial charge in [0, 0.05) is 22.3 Å². The number of ether oxygens (including phenoxy) is 2. The monoisotopic (exact) mass is 466 g/mol. The van der Waals surface area contributed by atoms with E-state index in [2.05, 4.69) is 15.4 Å². The Bertz CT molecular complexity index is 1380. The number of hydrogen-bond acceptors (Lipinski definition) is 8. The molecule has 2 aromatic heterocycles. The number of fused-ring (bicyclic) bond motifs is 2. The highest BCUT2D eigenvalue weighted by atomic mass is 32.2. The number of amides is 1. The lowest BCUT2D eigenvalue weighted by atomic mass is 10.2. The number of carbonyl (C=O) groups excluding carboxylic acids is 1. The van der Waals surface area contributed by atoms with Gasteiger partial charge in [-0.3, -0.25) is 9.59 Å². The van der Waals surface area contributed by atoms with Crippen molar-refractivity contribution in [1.29, 1.82) is 0 Å². The lowest BCUT2D eigenvalue weighted by molar-refractivity contribution is 0.102. The molecule has 4 aromatic rings. The van der Waals surface area contributed by atoms with E-state index in [4.69, 9.17) is 9.47 Å². The molecule has 3 heterocycles. The van der Waals surface area contributed by atoms with E-state index in [9.17, 15) is 9.59 Å². The van der Waals surface area contributed by atoms with Crippen molar-refractivity contribution in [2.24, 2.45) is 0 Å². The van der Waals surface area contributed by atoms with Crippen LogP contribution in [0.5, 0.6) is 11.5 Å². The van der Waals surface area contributed by atoms with Gasteiger partial charge in [0.05, 0.1) is 11.4 Å². The predicted molar refractivity (Wildman–Crippen MR) is 123 cm³/mol. The van der Waals surface area contributed by atoms with Crippen LogP contribution in [0.4, 0.5) is 5.69 Å². The van der Waals surface area contributed by atoms with Crippen LogP contribution in [0.1, 0.15) is 28.0 Å².